The number of aromatic hydroxyl groups is 1. The van der Waals surface area contributed by atoms with Crippen LogP contribution < -0.4 is 0 Å². The molecule has 0 saturated heterocycles. The molecule has 0 aromatic heterocycles. The minimum Gasteiger partial charge on any atom is -0.508 e. The van der Waals surface area contributed by atoms with Crippen LogP contribution in [-0.4, -0.2) is 29.0 Å². The fraction of sp³-hybridized carbons (Fsp3) is 0.462. The zero-order valence-corrected chi connectivity index (χ0v) is 10.6. The van der Waals surface area contributed by atoms with Gasteiger partial charge < -0.3 is 10.0 Å². The number of amides is 1. The molecule has 1 aliphatic rings. The molecule has 1 amide bonds. The number of phenolic OH excluding ortho intramolecular Hbond substituents is 1. The van der Waals surface area contributed by atoms with E-state index in [0.717, 1.165) is 6.54 Å². The number of hydrogen-bond donors (Lipinski definition) is 1. The van der Waals surface area contributed by atoms with Crippen molar-refractivity contribution in [2.45, 2.75) is 19.8 Å². The fourth-order valence-electron chi connectivity index (χ4n) is 1.82. The molecule has 1 aliphatic carbocycles. The zero-order valence-electron chi connectivity index (χ0n) is 9.82. The molecule has 2 rings (SSSR count). The normalized spacial score (nSPS) is 14.7. The van der Waals surface area contributed by atoms with E-state index in [2.05, 4.69) is 0 Å². The van der Waals surface area contributed by atoms with Gasteiger partial charge in [0.2, 0.25) is 0 Å². The third kappa shape index (κ3) is 2.91. The van der Waals surface area contributed by atoms with E-state index in [4.69, 9.17) is 11.6 Å². The maximum atomic E-state index is 12.2. The van der Waals surface area contributed by atoms with Crippen LogP contribution in [0.2, 0.25) is 5.02 Å². The van der Waals surface area contributed by atoms with E-state index < -0.39 is 0 Å². The molecule has 0 spiro atoms. The van der Waals surface area contributed by atoms with Crippen LogP contribution >= 0.6 is 11.6 Å². The molecule has 0 aliphatic heterocycles. The van der Waals surface area contributed by atoms with Crippen molar-refractivity contribution in [3.63, 3.8) is 0 Å². The van der Waals surface area contributed by atoms with Gasteiger partial charge in [0.1, 0.15) is 5.75 Å². The smallest absolute Gasteiger partial charge is 0.255 e. The molecule has 1 fully saturated rings. The predicted octanol–water partition coefficient (Wildman–Crippen LogP) is 2.92. The predicted molar refractivity (Wildman–Crippen MR) is 67.4 cm³/mol. The van der Waals surface area contributed by atoms with E-state index in [1.807, 2.05) is 6.92 Å². The lowest BCUT2D eigenvalue weighted by molar-refractivity contribution is 0.0756. The minimum absolute atomic E-state index is 0.0697. The average molecular weight is 254 g/mol. The van der Waals surface area contributed by atoms with Gasteiger partial charge in [-0.05, 0) is 43.9 Å². The van der Waals surface area contributed by atoms with Crippen molar-refractivity contribution >= 4 is 17.5 Å². The Balaban J connectivity index is 2.18. The Morgan fingerprint density at radius 1 is 1.53 bits per heavy atom. The van der Waals surface area contributed by atoms with Gasteiger partial charge in [0.15, 0.2) is 0 Å². The summed E-state index contributed by atoms with van der Waals surface area (Å²) in [5, 5.41) is 9.80. The van der Waals surface area contributed by atoms with Gasteiger partial charge in [-0.15, -0.1) is 0 Å². The first-order valence-electron chi connectivity index (χ1n) is 5.89. The SMILES string of the molecule is CCN(CC1CC1)C(=O)c1cc(O)ccc1Cl. The molecular formula is C13H16ClNO2. The maximum Gasteiger partial charge on any atom is 0.255 e. The van der Waals surface area contributed by atoms with Crippen LogP contribution in [0.5, 0.6) is 5.75 Å². The Labute approximate surface area is 106 Å². The molecule has 1 N–H and O–H groups in total. The number of phenols is 1. The van der Waals surface area contributed by atoms with E-state index in [1.165, 1.54) is 25.0 Å². The summed E-state index contributed by atoms with van der Waals surface area (Å²) in [4.78, 5) is 14.0. The second-order valence-electron chi connectivity index (χ2n) is 4.45. The van der Waals surface area contributed by atoms with E-state index in [-0.39, 0.29) is 11.7 Å². The standard InChI is InChI=1S/C13H16ClNO2/c1-2-15(8-9-3-4-9)13(17)11-7-10(16)5-6-12(11)14/h5-7,9,16H,2-4,8H2,1H3. The molecule has 1 aromatic carbocycles. The Morgan fingerprint density at radius 2 is 2.24 bits per heavy atom. The van der Waals surface area contributed by atoms with E-state index >= 15 is 0 Å². The Morgan fingerprint density at radius 3 is 2.82 bits per heavy atom. The van der Waals surface area contributed by atoms with Crippen LogP contribution in [-0.2, 0) is 0 Å². The molecule has 0 unspecified atom stereocenters. The summed E-state index contributed by atoms with van der Waals surface area (Å²) < 4.78 is 0. The topological polar surface area (TPSA) is 40.5 Å². The third-order valence-electron chi connectivity index (χ3n) is 3.02. The molecule has 0 bridgehead atoms. The molecule has 3 nitrogen and oxygen atoms in total. The van der Waals surface area contributed by atoms with Gasteiger partial charge in [-0.25, -0.2) is 0 Å². The van der Waals surface area contributed by atoms with Crippen LogP contribution in [0.15, 0.2) is 18.2 Å². The van der Waals surface area contributed by atoms with Crippen LogP contribution in [0.3, 0.4) is 0 Å². The molecule has 1 saturated carbocycles. The number of rotatable bonds is 4. The maximum absolute atomic E-state index is 12.2. The summed E-state index contributed by atoms with van der Waals surface area (Å²) >= 11 is 5.99. The Kier molecular flexibility index (Phi) is 3.57. The van der Waals surface area contributed by atoms with Crippen LogP contribution in [0, 0.1) is 5.92 Å². The summed E-state index contributed by atoms with van der Waals surface area (Å²) in [6.07, 6.45) is 2.41. The van der Waals surface area contributed by atoms with Gasteiger partial charge in [-0.3, -0.25) is 4.79 Å². The minimum atomic E-state index is -0.0969. The average Bonchev–Trinajstić information content (AvgIpc) is 3.12. The van der Waals surface area contributed by atoms with Crippen molar-refractivity contribution in [3.8, 4) is 5.75 Å². The number of benzene rings is 1. The highest BCUT2D eigenvalue weighted by Crippen LogP contribution is 2.31. The number of carbonyl (C=O) groups excluding carboxylic acids is 1. The molecular weight excluding hydrogens is 238 g/mol. The van der Waals surface area contributed by atoms with E-state index in [9.17, 15) is 9.90 Å². The number of halogens is 1. The molecule has 0 radical (unpaired) electrons. The van der Waals surface area contributed by atoms with Crippen LogP contribution in [0.1, 0.15) is 30.1 Å². The molecule has 4 heteroatoms. The highest BCUT2D eigenvalue weighted by molar-refractivity contribution is 6.33. The quantitative estimate of drug-likeness (QED) is 0.896. The number of carbonyl (C=O) groups is 1. The van der Waals surface area contributed by atoms with E-state index in [0.29, 0.717) is 23.0 Å². The first kappa shape index (κ1) is 12.2. The van der Waals surface area contributed by atoms with Crippen LogP contribution in [0.25, 0.3) is 0 Å². The zero-order chi connectivity index (χ0) is 12.4. The second-order valence-corrected chi connectivity index (χ2v) is 4.86. The summed E-state index contributed by atoms with van der Waals surface area (Å²) in [6, 6.07) is 4.46. The van der Waals surface area contributed by atoms with Gasteiger partial charge in [0.25, 0.3) is 5.91 Å². The largest absolute Gasteiger partial charge is 0.508 e. The highest BCUT2D eigenvalue weighted by Gasteiger charge is 2.27. The second kappa shape index (κ2) is 4.96. The molecule has 0 atom stereocenters. The monoisotopic (exact) mass is 253 g/mol. The van der Waals surface area contributed by atoms with Crippen molar-refractivity contribution < 1.29 is 9.90 Å². The molecule has 0 heterocycles. The summed E-state index contributed by atoms with van der Waals surface area (Å²) in [7, 11) is 0. The van der Waals surface area contributed by atoms with Crippen molar-refractivity contribution in [1.82, 2.24) is 4.90 Å². The summed E-state index contributed by atoms with van der Waals surface area (Å²) in [5.41, 5.74) is 0.383. The van der Waals surface area contributed by atoms with Gasteiger partial charge >= 0.3 is 0 Å². The summed E-state index contributed by atoms with van der Waals surface area (Å²) in [6.45, 7) is 3.42. The Hall–Kier alpha value is -1.22. The first-order chi connectivity index (χ1) is 8.11. The lowest BCUT2D eigenvalue weighted by atomic mass is 10.1. The number of nitrogens with zero attached hydrogens (tertiary/aromatic N) is 1. The molecule has 17 heavy (non-hydrogen) atoms. The van der Waals surface area contributed by atoms with Gasteiger partial charge in [-0.2, -0.15) is 0 Å². The number of hydrogen-bond acceptors (Lipinski definition) is 2. The van der Waals surface area contributed by atoms with Crippen molar-refractivity contribution in [2.24, 2.45) is 5.92 Å². The summed E-state index contributed by atoms with van der Waals surface area (Å²) in [5.74, 6) is 0.621. The van der Waals surface area contributed by atoms with Gasteiger partial charge in [0.05, 0.1) is 10.6 Å². The van der Waals surface area contributed by atoms with Gasteiger partial charge in [-0.1, -0.05) is 11.6 Å². The fourth-order valence-corrected chi connectivity index (χ4v) is 2.01. The molecule has 92 valence electrons. The van der Waals surface area contributed by atoms with Crippen molar-refractivity contribution in [2.75, 3.05) is 13.1 Å². The first-order valence-corrected chi connectivity index (χ1v) is 6.27. The van der Waals surface area contributed by atoms with Crippen LogP contribution in [0.4, 0.5) is 0 Å². The lowest BCUT2D eigenvalue weighted by Gasteiger charge is -2.21. The Bertz CT molecular complexity index is 429. The lowest BCUT2D eigenvalue weighted by Crippen LogP contribution is -2.32. The van der Waals surface area contributed by atoms with Gasteiger partial charge in [0, 0.05) is 13.1 Å². The molecule has 1 aromatic rings. The van der Waals surface area contributed by atoms with E-state index in [1.54, 1.807) is 11.0 Å². The highest BCUT2D eigenvalue weighted by atomic mass is 35.5. The third-order valence-corrected chi connectivity index (χ3v) is 3.35. The van der Waals surface area contributed by atoms with Crippen molar-refractivity contribution in [1.29, 1.82) is 0 Å². The van der Waals surface area contributed by atoms with Crippen molar-refractivity contribution in [3.05, 3.63) is 28.8 Å².